The first-order valence-corrected chi connectivity index (χ1v) is 5.26. The van der Waals surface area contributed by atoms with Gasteiger partial charge in [-0.2, -0.15) is 0 Å². The summed E-state index contributed by atoms with van der Waals surface area (Å²) in [6, 6.07) is 0.526. The maximum atomic E-state index is 5.70. The summed E-state index contributed by atoms with van der Waals surface area (Å²) in [4.78, 5) is 0. The van der Waals surface area contributed by atoms with Gasteiger partial charge >= 0.3 is 0 Å². The molecule has 1 aliphatic heterocycles. The van der Waals surface area contributed by atoms with Crippen LogP contribution < -0.4 is 5.32 Å². The SMILES string of the molecule is C=C(Cl)CNC(CC)C1CCOC1. The van der Waals surface area contributed by atoms with Crippen LogP contribution in [0.25, 0.3) is 0 Å². The molecule has 0 saturated carbocycles. The molecule has 0 aromatic rings. The molecule has 0 aromatic heterocycles. The van der Waals surface area contributed by atoms with Crippen LogP contribution in [0, 0.1) is 5.92 Å². The summed E-state index contributed by atoms with van der Waals surface area (Å²) in [6.45, 7) is 8.35. The highest BCUT2D eigenvalue weighted by Crippen LogP contribution is 2.18. The van der Waals surface area contributed by atoms with Gasteiger partial charge in [0.25, 0.3) is 0 Å². The van der Waals surface area contributed by atoms with E-state index >= 15 is 0 Å². The van der Waals surface area contributed by atoms with Crippen LogP contribution in [0.4, 0.5) is 0 Å². The molecule has 0 spiro atoms. The molecule has 1 rings (SSSR count). The standard InChI is InChI=1S/C10H18ClNO/c1-3-10(12-6-8(2)11)9-4-5-13-7-9/h9-10,12H,2-7H2,1H3. The number of hydrogen-bond acceptors (Lipinski definition) is 2. The Hall–Kier alpha value is -0.0500. The van der Waals surface area contributed by atoms with E-state index in [9.17, 15) is 0 Å². The third-order valence-electron chi connectivity index (χ3n) is 2.53. The minimum Gasteiger partial charge on any atom is -0.381 e. The van der Waals surface area contributed by atoms with Crippen molar-refractivity contribution < 1.29 is 4.74 Å². The zero-order valence-electron chi connectivity index (χ0n) is 8.18. The Bertz CT molecular complexity index is 166. The van der Waals surface area contributed by atoms with E-state index < -0.39 is 0 Å². The van der Waals surface area contributed by atoms with Crippen LogP contribution in [0.2, 0.25) is 0 Å². The average molecular weight is 204 g/mol. The highest BCUT2D eigenvalue weighted by atomic mass is 35.5. The molecule has 0 aromatic carbocycles. The molecule has 2 unspecified atom stereocenters. The maximum absolute atomic E-state index is 5.70. The third-order valence-corrected chi connectivity index (χ3v) is 2.66. The van der Waals surface area contributed by atoms with Crippen molar-refractivity contribution >= 4 is 11.6 Å². The van der Waals surface area contributed by atoms with Crippen molar-refractivity contribution in [2.24, 2.45) is 5.92 Å². The molecule has 1 heterocycles. The first kappa shape index (κ1) is 11.0. The van der Waals surface area contributed by atoms with Crippen molar-refractivity contribution in [3.05, 3.63) is 11.6 Å². The van der Waals surface area contributed by atoms with Crippen LogP contribution in [0.15, 0.2) is 11.6 Å². The van der Waals surface area contributed by atoms with Crippen molar-refractivity contribution in [1.29, 1.82) is 0 Å². The topological polar surface area (TPSA) is 21.3 Å². The van der Waals surface area contributed by atoms with E-state index in [0.29, 0.717) is 23.5 Å². The summed E-state index contributed by atoms with van der Waals surface area (Å²) in [5, 5.41) is 4.08. The number of hydrogen-bond donors (Lipinski definition) is 1. The van der Waals surface area contributed by atoms with Gasteiger partial charge < -0.3 is 10.1 Å². The fraction of sp³-hybridized carbons (Fsp3) is 0.800. The molecule has 1 saturated heterocycles. The van der Waals surface area contributed by atoms with Crippen molar-refractivity contribution in [2.75, 3.05) is 19.8 Å². The molecule has 76 valence electrons. The fourth-order valence-electron chi connectivity index (χ4n) is 1.76. The number of nitrogens with one attached hydrogen (secondary N) is 1. The second-order valence-electron chi connectivity index (χ2n) is 3.54. The molecule has 0 radical (unpaired) electrons. The molecular formula is C10H18ClNO. The first-order valence-electron chi connectivity index (χ1n) is 4.88. The number of halogens is 1. The van der Waals surface area contributed by atoms with Gasteiger partial charge in [0, 0.05) is 24.2 Å². The number of ether oxygens (including phenoxy) is 1. The van der Waals surface area contributed by atoms with Gasteiger partial charge in [0.15, 0.2) is 0 Å². The van der Waals surface area contributed by atoms with Gasteiger partial charge in [-0.05, 0) is 18.8 Å². The summed E-state index contributed by atoms with van der Waals surface area (Å²) in [6.07, 6.45) is 2.29. The van der Waals surface area contributed by atoms with Crippen molar-refractivity contribution in [3.8, 4) is 0 Å². The van der Waals surface area contributed by atoms with E-state index in [1.54, 1.807) is 0 Å². The van der Waals surface area contributed by atoms with Gasteiger partial charge in [0.2, 0.25) is 0 Å². The Balaban J connectivity index is 2.28. The molecule has 2 atom stereocenters. The zero-order valence-corrected chi connectivity index (χ0v) is 8.94. The predicted molar refractivity (Wildman–Crippen MR) is 56.0 cm³/mol. The normalized spacial score (nSPS) is 24.6. The van der Waals surface area contributed by atoms with Gasteiger partial charge in [-0.1, -0.05) is 25.1 Å². The van der Waals surface area contributed by atoms with Crippen molar-refractivity contribution in [1.82, 2.24) is 5.32 Å². The van der Waals surface area contributed by atoms with Crippen LogP contribution in [-0.4, -0.2) is 25.8 Å². The Morgan fingerprint density at radius 3 is 3.00 bits per heavy atom. The second kappa shape index (κ2) is 5.63. The molecule has 1 N–H and O–H groups in total. The maximum Gasteiger partial charge on any atom is 0.0510 e. The molecule has 1 aliphatic rings. The van der Waals surface area contributed by atoms with Gasteiger partial charge in [-0.15, -0.1) is 0 Å². The first-order chi connectivity index (χ1) is 6.24. The summed E-state index contributed by atoms with van der Waals surface area (Å²) < 4.78 is 5.35. The lowest BCUT2D eigenvalue weighted by atomic mass is 9.97. The lowest BCUT2D eigenvalue weighted by Crippen LogP contribution is -2.36. The molecule has 0 bridgehead atoms. The van der Waals surface area contributed by atoms with E-state index in [-0.39, 0.29) is 0 Å². The van der Waals surface area contributed by atoms with E-state index in [0.717, 1.165) is 19.6 Å². The Labute approximate surface area is 85.3 Å². The Kier molecular flexibility index (Phi) is 4.78. The molecule has 3 heteroatoms. The summed E-state index contributed by atoms with van der Waals surface area (Å²) in [7, 11) is 0. The molecule has 2 nitrogen and oxygen atoms in total. The van der Waals surface area contributed by atoms with Crippen LogP contribution in [0.3, 0.4) is 0 Å². The van der Waals surface area contributed by atoms with Crippen LogP contribution >= 0.6 is 11.6 Å². The summed E-state index contributed by atoms with van der Waals surface area (Å²) in [5.74, 6) is 0.654. The minimum absolute atomic E-state index is 0.526. The zero-order chi connectivity index (χ0) is 9.68. The van der Waals surface area contributed by atoms with E-state index in [4.69, 9.17) is 16.3 Å². The van der Waals surface area contributed by atoms with E-state index in [2.05, 4.69) is 18.8 Å². The number of rotatable bonds is 5. The molecule has 0 amide bonds. The molecule has 0 aliphatic carbocycles. The van der Waals surface area contributed by atoms with Gasteiger partial charge in [0.1, 0.15) is 0 Å². The van der Waals surface area contributed by atoms with Gasteiger partial charge in [-0.3, -0.25) is 0 Å². The quantitative estimate of drug-likeness (QED) is 0.740. The van der Waals surface area contributed by atoms with Gasteiger partial charge in [-0.25, -0.2) is 0 Å². The van der Waals surface area contributed by atoms with Crippen molar-refractivity contribution in [3.63, 3.8) is 0 Å². The van der Waals surface area contributed by atoms with Crippen LogP contribution in [-0.2, 0) is 4.74 Å². The summed E-state index contributed by atoms with van der Waals surface area (Å²) in [5.41, 5.74) is 0. The third kappa shape index (κ3) is 3.67. The van der Waals surface area contributed by atoms with Crippen molar-refractivity contribution in [2.45, 2.75) is 25.8 Å². The second-order valence-corrected chi connectivity index (χ2v) is 4.07. The molecule has 13 heavy (non-hydrogen) atoms. The highest BCUT2D eigenvalue weighted by Gasteiger charge is 2.23. The lowest BCUT2D eigenvalue weighted by molar-refractivity contribution is 0.176. The van der Waals surface area contributed by atoms with Crippen LogP contribution in [0.5, 0.6) is 0 Å². The monoisotopic (exact) mass is 203 g/mol. The fourth-order valence-corrected chi connectivity index (χ4v) is 1.83. The summed E-state index contributed by atoms with van der Waals surface area (Å²) >= 11 is 5.70. The Morgan fingerprint density at radius 2 is 2.54 bits per heavy atom. The predicted octanol–water partition coefficient (Wildman–Crippen LogP) is 2.14. The molecular weight excluding hydrogens is 186 g/mol. The minimum atomic E-state index is 0.526. The lowest BCUT2D eigenvalue weighted by Gasteiger charge is -2.21. The van der Waals surface area contributed by atoms with E-state index in [1.807, 2.05) is 0 Å². The molecule has 1 fully saturated rings. The Morgan fingerprint density at radius 1 is 1.77 bits per heavy atom. The highest BCUT2D eigenvalue weighted by molar-refractivity contribution is 6.29. The van der Waals surface area contributed by atoms with Crippen LogP contribution in [0.1, 0.15) is 19.8 Å². The smallest absolute Gasteiger partial charge is 0.0510 e. The average Bonchev–Trinajstić information content (AvgIpc) is 2.58. The van der Waals surface area contributed by atoms with Gasteiger partial charge in [0.05, 0.1) is 6.61 Å². The largest absolute Gasteiger partial charge is 0.381 e. The van der Waals surface area contributed by atoms with E-state index in [1.165, 1.54) is 6.42 Å².